The Balaban J connectivity index is 1.76. The fourth-order valence-electron chi connectivity index (χ4n) is 3.03. The average molecular weight is 335 g/mol. The molecular weight excluding hydrogens is 318 g/mol. The van der Waals surface area contributed by atoms with Crippen LogP contribution < -0.4 is 4.74 Å². The number of hydrogen-bond acceptors (Lipinski definition) is 3. The number of aryl methyl sites for hydroxylation is 1. The van der Waals surface area contributed by atoms with Crippen molar-refractivity contribution in [3.63, 3.8) is 0 Å². The Bertz CT molecular complexity index is 1050. The van der Waals surface area contributed by atoms with Crippen LogP contribution >= 0.6 is 0 Å². The first-order chi connectivity index (χ1) is 12.1. The largest absolute Gasteiger partial charge is 0.493 e. The van der Waals surface area contributed by atoms with Crippen LogP contribution in [0.3, 0.4) is 0 Å². The van der Waals surface area contributed by atoms with Crippen molar-refractivity contribution in [1.82, 2.24) is 14.5 Å². The lowest BCUT2D eigenvalue weighted by atomic mass is 10.1. The number of H-pyrrole nitrogens is 1. The fourth-order valence-corrected chi connectivity index (χ4v) is 3.03. The molecule has 0 saturated carbocycles. The number of aliphatic carboxylic acids is 1. The van der Waals surface area contributed by atoms with E-state index in [2.05, 4.69) is 26.8 Å². The van der Waals surface area contributed by atoms with E-state index in [1.807, 2.05) is 37.4 Å². The molecular formula is C19H17N3O3. The smallest absolute Gasteiger partial charge is 0.306 e. The highest BCUT2D eigenvalue weighted by Crippen LogP contribution is 2.33. The standard InChI is InChI=1S/C19H17N3O3/c1-22-11-15(16-9-12-3-2-7-20-19(12)21-16)14-10-13(4-5-17(14)22)25-8-6-18(23)24/h2-5,7,9-11H,6,8H2,1H3,(H,20,21)(H,23,24). The molecule has 3 aromatic heterocycles. The predicted octanol–water partition coefficient (Wildman–Crippen LogP) is 3.58. The van der Waals surface area contributed by atoms with Gasteiger partial charge in [0.25, 0.3) is 0 Å². The average Bonchev–Trinajstić information content (AvgIpc) is 3.15. The molecule has 6 nitrogen and oxygen atoms in total. The van der Waals surface area contributed by atoms with Crippen molar-refractivity contribution in [3.8, 4) is 17.0 Å². The van der Waals surface area contributed by atoms with E-state index >= 15 is 0 Å². The van der Waals surface area contributed by atoms with Gasteiger partial charge in [-0.2, -0.15) is 0 Å². The zero-order valence-electron chi connectivity index (χ0n) is 13.7. The highest BCUT2D eigenvalue weighted by molar-refractivity contribution is 5.98. The topological polar surface area (TPSA) is 80.1 Å². The molecule has 0 amide bonds. The van der Waals surface area contributed by atoms with Crippen molar-refractivity contribution < 1.29 is 14.6 Å². The quantitative estimate of drug-likeness (QED) is 0.584. The van der Waals surface area contributed by atoms with Gasteiger partial charge in [0.1, 0.15) is 11.4 Å². The zero-order chi connectivity index (χ0) is 17.4. The molecule has 0 bridgehead atoms. The Morgan fingerprint density at radius 1 is 1.32 bits per heavy atom. The first-order valence-corrected chi connectivity index (χ1v) is 7.99. The minimum Gasteiger partial charge on any atom is -0.493 e. The Morgan fingerprint density at radius 2 is 2.20 bits per heavy atom. The third-order valence-corrected chi connectivity index (χ3v) is 4.23. The molecule has 3 heterocycles. The fraction of sp³-hybridized carbons (Fsp3) is 0.158. The van der Waals surface area contributed by atoms with Crippen LogP contribution in [0, 0.1) is 0 Å². The minimum atomic E-state index is -0.868. The first-order valence-electron chi connectivity index (χ1n) is 7.99. The number of carbonyl (C=O) groups is 1. The summed E-state index contributed by atoms with van der Waals surface area (Å²) in [6.45, 7) is 0.152. The Hall–Kier alpha value is -3.28. The number of aromatic nitrogens is 3. The molecule has 0 aliphatic heterocycles. The molecule has 1 aromatic carbocycles. The monoisotopic (exact) mass is 335 g/mol. The van der Waals surface area contributed by atoms with Gasteiger partial charge in [0.05, 0.1) is 13.0 Å². The van der Waals surface area contributed by atoms with Gasteiger partial charge in [-0.3, -0.25) is 4.79 Å². The van der Waals surface area contributed by atoms with Crippen molar-refractivity contribution in [3.05, 3.63) is 48.8 Å². The first kappa shape index (κ1) is 15.3. The molecule has 0 fully saturated rings. The van der Waals surface area contributed by atoms with Gasteiger partial charge in [0, 0.05) is 47.0 Å². The van der Waals surface area contributed by atoms with E-state index in [0.29, 0.717) is 5.75 Å². The second-order valence-corrected chi connectivity index (χ2v) is 5.95. The van der Waals surface area contributed by atoms with E-state index < -0.39 is 5.97 Å². The van der Waals surface area contributed by atoms with Gasteiger partial charge in [-0.05, 0) is 36.4 Å². The highest BCUT2D eigenvalue weighted by Gasteiger charge is 2.12. The number of carboxylic acid groups (broad SMARTS) is 1. The van der Waals surface area contributed by atoms with Gasteiger partial charge < -0.3 is 19.4 Å². The molecule has 0 spiro atoms. The number of nitrogens with one attached hydrogen (secondary N) is 1. The highest BCUT2D eigenvalue weighted by atomic mass is 16.5. The van der Waals surface area contributed by atoms with Gasteiger partial charge in [-0.25, -0.2) is 4.98 Å². The molecule has 0 aliphatic rings. The van der Waals surface area contributed by atoms with Crippen LogP contribution in [0.1, 0.15) is 6.42 Å². The van der Waals surface area contributed by atoms with Crippen LogP contribution in [-0.2, 0) is 11.8 Å². The molecule has 0 atom stereocenters. The number of fused-ring (bicyclic) bond motifs is 2. The summed E-state index contributed by atoms with van der Waals surface area (Å²) in [6.07, 6.45) is 3.81. The second kappa shape index (κ2) is 5.98. The Kier molecular flexibility index (Phi) is 3.65. The molecule has 0 saturated heterocycles. The number of ether oxygens (including phenoxy) is 1. The van der Waals surface area contributed by atoms with Crippen LogP contribution in [0.15, 0.2) is 48.8 Å². The molecule has 4 rings (SSSR count). The van der Waals surface area contributed by atoms with Crippen molar-refractivity contribution in [2.75, 3.05) is 6.61 Å². The molecule has 25 heavy (non-hydrogen) atoms. The summed E-state index contributed by atoms with van der Waals surface area (Å²) < 4.78 is 7.63. The number of benzene rings is 1. The number of nitrogens with zero attached hydrogens (tertiary/aromatic N) is 2. The van der Waals surface area contributed by atoms with Crippen LogP contribution in [-0.4, -0.2) is 32.2 Å². The van der Waals surface area contributed by atoms with E-state index in [9.17, 15) is 4.79 Å². The minimum absolute atomic E-state index is 0.0205. The lowest BCUT2D eigenvalue weighted by Gasteiger charge is -2.05. The van der Waals surface area contributed by atoms with Crippen LogP contribution in [0.4, 0.5) is 0 Å². The van der Waals surface area contributed by atoms with Crippen LogP contribution in [0.2, 0.25) is 0 Å². The maximum atomic E-state index is 10.6. The summed E-state index contributed by atoms with van der Waals surface area (Å²) >= 11 is 0. The normalized spacial score (nSPS) is 11.2. The molecule has 126 valence electrons. The lowest BCUT2D eigenvalue weighted by molar-refractivity contribution is -0.137. The zero-order valence-corrected chi connectivity index (χ0v) is 13.7. The summed E-state index contributed by atoms with van der Waals surface area (Å²) in [5.41, 5.74) is 3.97. The number of aromatic amines is 1. The van der Waals surface area contributed by atoms with Gasteiger partial charge >= 0.3 is 5.97 Å². The van der Waals surface area contributed by atoms with Crippen molar-refractivity contribution in [2.45, 2.75) is 6.42 Å². The van der Waals surface area contributed by atoms with Crippen molar-refractivity contribution in [1.29, 1.82) is 0 Å². The van der Waals surface area contributed by atoms with Gasteiger partial charge in [0.2, 0.25) is 0 Å². The number of rotatable bonds is 5. The van der Waals surface area contributed by atoms with Crippen LogP contribution in [0.5, 0.6) is 5.75 Å². The van der Waals surface area contributed by atoms with E-state index in [0.717, 1.165) is 33.2 Å². The summed E-state index contributed by atoms with van der Waals surface area (Å²) in [6, 6.07) is 11.8. The molecule has 0 aliphatic carbocycles. The number of pyridine rings is 1. The van der Waals surface area contributed by atoms with Crippen molar-refractivity contribution in [2.24, 2.45) is 7.05 Å². The molecule has 4 aromatic rings. The van der Waals surface area contributed by atoms with E-state index in [4.69, 9.17) is 9.84 Å². The SMILES string of the molecule is Cn1cc(-c2cc3cccnc3[nH]2)c2cc(OCCC(=O)O)ccc21. The maximum absolute atomic E-state index is 10.6. The predicted molar refractivity (Wildman–Crippen MR) is 95.8 cm³/mol. The molecule has 2 N–H and O–H groups in total. The van der Waals surface area contributed by atoms with Gasteiger partial charge in [-0.15, -0.1) is 0 Å². The molecule has 0 radical (unpaired) electrons. The van der Waals surface area contributed by atoms with E-state index in [1.165, 1.54) is 0 Å². The van der Waals surface area contributed by atoms with E-state index in [-0.39, 0.29) is 13.0 Å². The van der Waals surface area contributed by atoms with Crippen LogP contribution in [0.25, 0.3) is 33.2 Å². The number of carboxylic acids is 1. The molecule has 0 unspecified atom stereocenters. The second-order valence-electron chi connectivity index (χ2n) is 5.95. The van der Waals surface area contributed by atoms with Gasteiger partial charge in [0.15, 0.2) is 0 Å². The van der Waals surface area contributed by atoms with E-state index in [1.54, 1.807) is 6.20 Å². The van der Waals surface area contributed by atoms with Gasteiger partial charge in [-0.1, -0.05) is 0 Å². The molecule has 6 heteroatoms. The third-order valence-electron chi connectivity index (χ3n) is 4.23. The number of hydrogen-bond donors (Lipinski definition) is 2. The maximum Gasteiger partial charge on any atom is 0.306 e. The summed E-state index contributed by atoms with van der Waals surface area (Å²) in [4.78, 5) is 18.3. The Morgan fingerprint density at radius 3 is 3.00 bits per heavy atom. The third kappa shape index (κ3) is 2.82. The summed E-state index contributed by atoms with van der Waals surface area (Å²) in [5.74, 6) is -0.206. The Labute approximate surface area is 143 Å². The summed E-state index contributed by atoms with van der Waals surface area (Å²) in [7, 11) is 2.00. The lowest BCUT2D eigenvalue weighted by Crippen LogP contribution is -2.04. The van der Waals surface area contributed by atoms with Crippen molar-refractivity contribution >= 4 is 27.9 Å². The summed E-state index contributed by atoms with van der Waals surface area (Å²) in [5, 5.41) is 10.8.